The van der Waals surface area contributed by atoms with Gasteiger partial charge >= 0.3 is 0 Å². The maximum absolute atomic E-state index is 13.8. The van der Waals surface area contributed by atoms with Crippen molar-refractivity contribution in [1.82, 2.24) is 9.55 Å². The molecule has 180 valence electrons. The first-order valence-electron chi connectivity index (χ1n) is 11.7. The molecule has 4 aromatic rings. The summed E-state index contributed by atoms with van der Waals surface area (Å²) in [4.78, 5) is 33.7. The number of aryl methyl sites for hydroxylation is 5. The van der Waals surface area contributed by atoms with Gasteiger partial charge in [-0.25, -0.2) is 4.98 Å². The summed E-state index contributed by atoms with van der Waals surface area (Å²) in [5, 5.41) is 4.34. The number of hydrogen-bond acceptors (Lipinski definition) is 5. The zero-order chi connectivity index (χ0) is 24.7. The summed E-state index contributed by atoms with van der Waals surface area (Å²) < 4.78 is 2.60. The third-order valence-electron chi connectivity index (χ3n) is 6.32. The van der Waals surface area contributed by atoms with E-state index >= 15 is 0 Å². The number of thioether (sulfide) groups is 1. The maximum atomic E-state index is 13.8. The van der Waals surface area contributed by atoms with Gasteiger partial charge < -0.3 is 5.32 Å². The van der Waals surface area contributed by atoms with Crippen LogP contribution >= 0.6 is 39.0 Å². The molecule has 8 heteroatoms. The first-order valence-corrected chi connectivity index (χ1v) is 14.2. The van der Waals surface area contributed by atoms with Crippen LogP contribution in [0.2, 0.25) is 0 Å². The number of nitrogens with zero attached hydrogens (tertiary/aromatic N) is 2. The van der Waals surface area contributed by atoms with E-state index in [0.29, 0.717) is 5.16 Å². The minimum atomic E-state index is -0.118. The minimum Gasteiger partial charge on any atom is -0.325 e. The lowest BCUT2D eigenvalue weighted by Crippen LogP contribution is -2.23. The van der Waals surface area contributed by atoms with E-state index < -0.39 is 0 Å². The number of hydrogen-bond donors (Lipinski definition) is 1. The molecule has 1 amide bonds. The molecule has 1 aliphatic carbocycles. The smallest absolute Gasteiger partial charge is 0.267 e. The molecular formula is C27H26BrN3O2S2. The van der Waals surface area contributed by atoms with E-state index in [1.807, 2.05) is 45.0 Å². The lowest BCUT2D eigenvalue weighted by molar-refractivity contribution is -0.113. The maximum Gasteiger partial charge on any atom is 0.267 e. The van der Waals surface area contributed by atoms with Gasteiger partial charge in [0, 0.05) is 15.0 Å². The van der Waals surface area contributed by atoms with Gasteiger partial charge in [0.25, 0.3) is 5.56 Å². The molecule has 0 fully saturated rings. The molecule has 2 aromatic heterocycles. The van der Waals surface area contributed by atoms with E-state index in [2.05, 4.69) is 33.4 Å². The van der Waals surface area contributed by atoms with E-state index in [1.165, 1.54) is 27.8 Å². The number of fused-ring (bicyclic) bond motifs is 3. The molecule has 0 unspecified atom stereocenters. The second-order valence-electron chi connectivity index (χ2n) is 9.01. The zero-order valence-corrected chi connectivity index (χ0v) is 23.1. The largest absolute Gasteiger partial charge is 0.325 e. The van der Waals surface area contributed by atoms with Crippen LogP contribution in [0, 0.1) is 20.8 Å². The van der Waals surface area contributed by atoms with Crippen LogP contribution in [0.5, 0.6) is 0 Å². The fraction of sp³-hybridized carbons (Fsp3) is 0.296. The van der Waals surface area contributed by atoms with Crippen molar-refractivity contribution in [1.29, 1.82) is 0 Å². The average molecular weight is 569 g/mol. The number of carbonyl (C=O) groups is 1. The Kier molecular flexibility index (Phi) is 6.88. The molecule has 5 rings (SSSR count). The first kappa shape index (κ1) is 24.3. The molecule has 0 atom stereocenters. The predicted octanol–water partition coefficient (Wildman–Crippen LogP) is 6.74. The summed E-state index contributed by atoms with van der Waals surface area (Å²) in [6, 6.07) is 11.8. The van der Waals surface area contributed by atoms with Gasteiger partial charge in [-0.15, -0.1) is 11.3 Å². The number of rotatable bonds is 5. The molecule has 0 bridgehead atoms. The molecule has 0 spiro atoms. The molecule has 2 heterocycles. The van der Waals surface area contributed by atoms with Crippen molar-refractivity contribution < 1.29 is 4.79 Å². The van der Waals surface area contributed by atoms with Gasteiger partial charge in [0.05, 0.1) is 16.8 Å². The van der Waals surface area contributed by atoms with Crippen LogP contribution in [-0.4, -0.2) is 21.2 Å². The lowest BCUT2D eigenvalue weighted by atomic mass is 9.97. The van der Waals surface area contributed by atoms with Crippen LogP contribution < -0.4 is 10.9 Å². The number of thiophene rings is 1. The first-order chi connectivity index (χ1) is 16.8. The molecule has 0 saturated heterocycles. The third kappa shape index (κ3) is 4.84. The summed E-state index contributed by atoms with van der Waals surface area (Å²) in [5.41, 5.74) is 5.95. The quantitative estimate of drug-likeness (QED) is 0.214. The Morgan fingerprint density at radius 3 is 2.51 bits per heavy atom. The summed E-state index contributed by atoms with van der Waals surface area (Å²) in [7, 11) is 0. The van der Waals surface area contributed by atoms with Gasteiger partial charge in [-0.1, -0.05) is 45.4 Å². The lowest BCUT2D eigenvalue weighted by Gasteiger charge is -2.15. The van der Waals surface area contributed by atoms with Crippen molar-refractivity contribution >= 4 is 60.8 Å². The van der Waals surface area contributed by atoms with Crippen LogP contribution in [0.1, 0.15) is 40.0 Å². The number of anilines is 1. The number of carbonyl (C=O) groups excluding carboxylic acids is 1. The van der Waals surface area contributed by atoms with Gasteiger partial charge in [0.15, 0.2) is 5.16 Å². The van der Waals surface area contributed by atoms with Gasteiger partial charge in [-0.2, -0.15) is 0 Å². The highest BCUT2D eigenvalue weighted by Gasteiger charge is 2.23. The van der Waals surface area contributed by atoms with Crippen molar-refractivity contribution in [2.45, 2.75) is 51.6 Å². The van der Waals surface area contributed by atoms with Crippen LogP contribution in [-0.2, 0) is 17.6 Å². The number of aromatic nitrogens is 2. The highest BCUT2D eigenvalue weighted by molar-refractivity contribution is 9.10. The highest BCUT2D eigenvalue weighted by atomic mass is 79.9. The van der Waals surface area contributed by atoms with Crippen molar-refractivity contribution in [3.8, 4) is 5.69 Å². The van der Waals surface area contributed by atoms with E-state index in [-0.39, 0.29) is 17.2 Å². The Morgan fingerprint density at radius 2 is 1.80 bits per heavy atom. The molecule has 0 saturated carbocycles. The molecule has 1 N–H and O–H groups in total. The van der Waals surface area contributed by atoms with E-state index in [0.717, 1.165) is 62.9 Å². The SMILES string of the molecule is Cc1cc(C)c(NC(=O)CSc2nc3sc4c(c3c(=O)n2-c2ccc(Br)cc2)CCCC4)c(C)c1. The van der Waals surface area contributed by atoms with E-state index in [9.17, 15) is 9.59 Å². The Balaban J connectivity index is 1.51. The van der Waals surface area contributed by atoms with Gasteiger partial charge in [-0.3, -0.25) is 14.2 Å². The monoisotopic (exact) mass is 567 g/mol. The Labute approximate surface area is 221 Å². The summed E-state index contributed by atoms with van der Waals surface area (Å²) in [5.74, 6) is 0.0407. The molecule has 0 radical (unpaired) electrons. The average Bonchev–Trinajstić information content (AvgIpc) is 3.19. The second-order valence-corrected chi connectivity index (χ2v) is 12.0. The van der Waals surface area contributed by atoms with E-state index in [1.54, 1.807) is 15.9 Å². The Morgan fingerprint density at radius 1 is 1.11 bits per heavy atom. The third-order valence-corrected chi connectivity index (χ3v) is 8.97. The van der Waals surface area contributed by atoms with Crippen molar-refractivity contribution in [2.24, 2.45) is 0 Å². The van der Waals surface area contributed by atoms with E-state index in [4.69, 9.17) is 4.98 Å². The predicted molar refractivity (Wildman–Crippen MR) is 150 cm³/mol. The molecule has 35 heavy (non-hydrogen) atoms. The summed E-state index contributed by atoms with van der Waals surface area (Å²) >= 11 is 6.40. The van der Waals surface area contributed by atoms with Crippen LogP contribution in [0.3, 0.4) is 0 Å². The van der Waals surface area contributed by atoms with Crippen molar-refractivity contribution in [3.05, 3.63) is 78.4 Å². The fourth-order valence-electron chi connectivity index (χ4n) is 4.78. The number of nitrogens with one attached hydrogen (secondary N) is 1. The second kappa shape index (κ2) is 9.91. The molecular weight excluding hydrogens is 542 g/mol. The highest BCUT2D eigenvalue weighted by Crippen LogP contribution is 2.35. The molecule has 2 aromatic carbocycles. The fourth-order valence-corrected chi connectivity index (χ4v) is 7.16. The number of benzene rings is 2. The summed E-state index contributed by atoms with van der Waals surface area (Å²) in [6.45, 7) is 6.05. The van der Waals surface area contributed by atoms with Crippen LogP contribution in [0.15, 0.2) is 50.8 Å². The van der Waals surface area contributed by atoms with Crippen LogP contribution in [0.25, 0.3) is 15.9 Å². The van der Waals surface area contributed by atoms with Gasteiger partial charge in [0.2, 0.25) is 5.91 Å². The molecule has 0 aliphatic heterocycles. The number of halogens is 1. The van der Waals surface area contributed by atoms with Crippen molar-refractivity contribution in [3.63, 3.8) is 0 Å². The topological polar surface area (TPSA) is 64.0 Å². The minimum absolute atomic E-state index is 0.0511. The van der Waals surface area contributed by atoms with Crippen molar-refractivity contribution in [2.75, 3.05) is 11.1 Å². The Bertz CT molecular complexity index is 1480. The standard InChI is InChI=1S/C27H26BrN3O2S2/c1-15-12-16(2)24(17(3)13-15)29-22(32)14-34-27-30-25-23(20-6-4-5-7-21(20)35-25)26(33)31(27)19-10-8-18(28)9-11-19/h8-13H,4-7,14H2,1-3H3,(H,29,32). The summed E-state index contributed by atoms with van der Waals surface area (Å²) in [6.07, 6.45) is 4.19. The number of amides is 1. The molecule has 5 nitrogen and oxygen atoms in total. The Hall–Kier alpha value is -2.42. The van der Waals surface area contributed by atoms with Gasteiger partial charge in [0.1, 0.15) is 4.83 Å². The van der Waals surface area contributed by atoms with Gasteiger partial charge in [-0.05, 0) is 87.4 Å². The normalized spacial score (nSPS) is 13.1. The molecule has 1 aliphatic rings. The van der Waals surface area contributed by atoms with Crippen LogP contribution in [0.4, 0.5) is 5.69 Å². The zero-order valence-electron chi connectivity index (χ0n) is 19.9.